The molecule has 4 nitrogen and oxygen atoms in total. The molecule has 0 aromatic heterocycles. The fourth-order valence-corrected chi connectivity index (χ4v) is 3.07. The minimum atomic E-state index is -3.60. The summed E-state index contributed by atoms with van der Waals surface area (Å²) in [6, 6.07) is 4.32. The summed E-state index contributed by atoms with van der Waals surface area (Å²) in [6.45, 7) is 0.877. The number of sulfonamides is 1. The molecule has 0 saturated carbocycles. The van der Waals surface area contributed by atoms with Gasteiger partial charge in [0.05, 0.1) is 5.02 Å². The summed E-state index contributed by atoms with van der Waals surface area (Å²) in [6.07, 6.45) is 1.46. The van der Waals surface area contributed by atoms with Crippen LogP contribution in [0.5, 0.6) is 0 Å². The molecule has 104 valence electrons. The Balaban J connectivity index is 0.00000289. The predicted molar refractivity (Wildman–Crippen MR) is 77.2 cm³/mol. The first-order chi connectivity index (χ1) is 7.97. The molecule has 18 heavy (non-hydrogen) atoms. The molecule has 3 N–H and O–H groups in total. The van der Waals surface area contributed by atoms with Crippen molar-refractivity contribution < 1.29 is 8.42 Å². The van der Waals surface area contributed by atoms with Gasteiger partial charge in [-0.05, 0) is 37.6 Å². The molecule has 0 radical (unpaired) electrons. The Morgan fingerprint density at radius 3 is 2.50 bits per heavy atom. The topological polar surface area (TPSA) is 72.2 Å². The number of nitrogens with one attached hydrogen (secondary N) is 1. The van der Waals surface area contributed by atoms with Crippen LogP contribution in [0.25, 0.3) is 0 Å². The molecule has 0 amide bonds. The van der Waals surface area contributed by atoms with Gasteiger partial charge in [-0.25, -0.2) is 13.1 Å². The number of hydrogen-bond acceptors (Lipinski definition) is 3. The molecule has 0 aliphatic carbocycles. The third kappa shape index (κ3) is 5.30. The van der Waals surface area contributed by atoms with E-state index in [2.05, 4.69) is 4.72 Å². The highest BCUT2D eigenvalue weighted by Crippen LogP contribution is 2.24. The van der Waals surface area contributed by atoms with E-state index in [0.29, 0.717) is 24.5 Å². The Bertz CT molecular complexity index is 480. The van der Waals surface area contributed by atoms with Crippen molar-refractivity contribution in [3.63, 3.8) is 0 Å². The van der Waals surface area contributed by atoms with Crippen LogP contribution in [-0.2, 0) is 10.0 Å². The van der Waals surface area contributed by atoms with Crippen molar-refractivity contribution in [3.05, 3.63) is 28.2 Å². The highest BCUT2D eigenvalue weighted by Gasteiger charge is 2.17. The van der Waals surface area contributed by atoms with E-state index in [1.807, 2.05) is 0 Å². The fraction of sp³-hybridized carbons (Fsp3) is 0.400. The minimum absolute atomic E-state index is 0. The van der Waals surface area contributed by atoms with Crippen molar-refractivity contribution >= 4 is 45.6 Å². The summed E-state index contributed by atoms with van der Waals surface area (Å²) in [5.74, 6) is 0. The predicted octanol–water partition coefficient (Wildman–Crippen LogP) is 2.43. The second-order valence-electron chi connectivity index (χ2n) is 3.47. The molecule has 0 atom stereocenters. The van der Waals surface area contributed by atoms with E-state index in [0.717, 1.165) is 6.42 Å². The zero-order valence-electron chi connectivity index (χ0n) is 9.53. The van der Waals surface area contributed by atoms with Crippen LogP contribution in [0.2, 0.25) is 10.0 Å². The van der Waals surface area contributed by atoms with Gasteiger partial charge in [0.15, 0.2) is 0 Å². The molecule has 1 rings (SSSR count). The zero-order chi connectivity index (χ0) is 12.9. The van der Waals surface area contributed by atoms with Gasteiger partial charge in [-0.15, -0.1) is 12.4 Å². The third-order valence-electron chi connectivity index (χ3n) is 2.11. The maximum Gasteiger partial charge on any atom is 0.242 e. The van der Waals surface area contributed by atoms with Crippen LogP contribution in [0.4, 0.5) is 0 Å². The van der Waals surface area contributed by atoms with Crippen LogP contribution >= 0.6 is 35.6 Å². The first kappa shape index (κ1) is 18.0. The molecule has 0 spiro atoms. The molecule has 0 heterocycles. The van der Waals surface area contributed by atoms with Crippen molar-refractivity contribution in [1.82, 2.24) is 4.72 Å². The van der Waals surface area contributed by atoms with E-state index >= 15 is 0 Å². The molecule has 0 aliphatic heterocycles. The van der Waals surface area contributed by atoms with Gasteiger partial charge in [0.2, 0.25) is 10.0 Å². The maximum absolute atomic E-state index is 11.9. The lowest BCUT2D eigenvalue weighted by molar-refractivity contribution is 0.577. The van der Waals surface area contributed by atoms with Crippen molar-refractivity contribution in [2.24, 2.45) is 5.73 Å². The van der Waals surface area contributed by atoms with Crippen LogP contribution in [0.1, 0.15) is 12.8 Å². The average Bonchev–Trinajstić information content (AvgIpc) is 2.28. The van der Waals surface area contributed by atoms with Crippen molar-refractivity contribution in [2.45, 2.75) is 17.7 Å². The second-order valence-corrected chi connectivity index (χ2v) is 6.05. The van der Waals surface area contributed by atoms with Crippen LogP contribution in [0.3, 0.4) is 0 Å². The van der Waals surface area contributed by atoms with Gasteiger partial charge in [-0.1, -0.05) is 23.2 Å². The molecule has 0 bridgehead atoms. The quantitative estimate of drug-likeness (QED) is 0.785. The molecule has 0 saturated heterocycles. The average molecular weight is 334 g/mol. The van der Waals surface area contributed by atoms with E-state index < -0.39 is 10.0 Å². The Morgan fingerprint density at radius 2 is 1.89 bits per heavy atom. The maximum atomic E-state index is 11.9. The summed E-state index contributed by atoms with van der Waals surface area (Å²) in [5.41, 5.74) is 5.32. The standard InChI is InChI=1S/C10H14Cl2N2O2S.ClH/c11-8-3-4-9(12)10(7-8)17(15,16)14-6-2-1-5-13;/h3-4,7,14H,1-2,5-6,13H2;1H. The molecule has 0 unspecified atom stereocenters. The number of benzene rings is 1. The van der Waals surface area contributed by atoms with E-state index in [4.69, 9.17) is 28.9 Å². The molecule has 0 aliphatic rings. The smallest absolute Gasteiger partial charge is 0.242 e. The Kier molecular flexibility index (Phi) is 8.18. The normalized spacial score (nSPS) is 11.1. The largest absolute Gasteiger partial charge is 0.330 e. The fourth-order valence-electron chi connectivity index (χ4n) is 1.24. The summed E-state index contributed by atoms with van der Waals surface area (Å²) < 4.78 is 26.2. The number of unbranched alkanes of at least 4 members (excludes halogenated alkanes) is 1. The van der Waals surface area contributed by atoms with Gasteiger partial charge >= 0.3 is 0 Å². The second kappa shape index (κ2) is 8.19. The highest BCUT2D eigenvalue weighted by molar-refractivity contribution is 7.89. The lowest BCUT2D eigenvalue weighted by atomic mass is 10.3. The minimum Gasteiger partial charge on any atom is -0.330 e. The number of nitrogens with two attached hydrogens (primary N) is 1. The monoisotopic (exact) mass is 332 g/mol. The van der Waals surface area contributed by atoms with Gasteiger partial charge in [0.25, 0.3) is 0 Å². The Labute approximate surface area is 123 Å². The number of rotatable bonds is 6. The van der Waals surface area contributed by atoms with Crippen molar-refractivity contribution in [3.8, 4) is 0 Å². The van der Waals surface area contributed by atoms with Crippen LogP contribution < -0.4 is 10.5 Å². The van der Waals surface area contributed by atoms with E-state index in [1.165, 1.54) is 18.2 Å². The highest BCUT2D eigenvalue weighted by atomic mass is 35.5. The lowest BCUT2D eigenvalue weighted by Crippen LogP contribution is -2.25. The van der Waals surface area contributed by atoms with Crippen molar-refractivity contribution in [1.29, 1.82) is 0 Å². The van der Waals surface area contributed by atoms with E-state index in [1.54, 1.807) is 0 Å². The summed E-state index contributed by atoms with van der Waals surface area (Å²) in [5, 5.41) is 0.484. The Hall–Kier alpha value is -0.0400. The van der Waals surface area contributed by atoms with E-state index in [-0.39, 0.29) is 22.3 Å². The summed E-state index contributed by atoms with van der Waals surface area (Å²) >= 11 is 11.6. The molecule has 1 aromatic rings. The number of hydrogen-bond donors (Lipinski definition) is 2. The molecule has 8 heteroatoms. The summed E-state index contributed by atoms with van der Waals surface area (Å²) in [7, 11) is -3.60. The van der Waals surface area contributed by atoms with Crippen LogP contribution in [0.15, 0.2) is 23.1 Å². The molecular formula is C10H15Cl3N2O2S. The summed E-state index contributed by atoms with van der Waals surface area (Å²) in [4.78, 5) is -0.000542. The van der Waals surface area contributed by atoms with Crippen LogP contribution in [-0.4, -0.2) is 21.5 Å². The molecular weight excluding hydrogens is 319 g/mol. The van der Waals surface area contributed by atoms with Crippen molar-refractivity contribution in [2.75, 3.05) is 13.1 Å². The first-order valence-corrected chi connectivity index (χ1v) is 7.36. The molecule has 0 fully saturated rings. The van der Waals surface area contributed by atoms with Gasteiger partial charge < -0.3 is 5.73 Å². The van der Waals surface area contributed by atoms with Gasteiger partial charge in [0.1, 0.15) is 4.90 Å². The SMILES string of the molecule is Cl.NCCCCNS(=O)(=O)c1cc(Cl)ccc1Cl. The lowest BCUT2D eigenvalue weighted by Gasteiger charge is -2.08. The van der Waals surface area contributed by atoms with Gasteiger partial charge in [-0.3, -0.25) is 0 Å². The third-order valence-corrected chi connectivity index (χ3v) is 4.28. The van der Waals surface area contributed by atoms with Gasteiger partial charge in [0, 0.05) is 11.6 Å². The van der Waals surface area contributed by atoms with Crippen LogP contribution in [0, 0.1) is 0 Å². The van der Waals surface area contributed by atoms with E-state index in [9.17, 15) is 8.42 Å². The molecule has 1 aromatic carbocycles. The first-order valence-electron chi connectivity index (χ1n) is 5.12. The number of halogens is 3. The zero-order valence-corrected chi connectivity index (χ0v) is 12.7. The Morgan fingerprint density at radius 1 is 1.22 bits per heavy atom. The van der Waals surface area contributed by atoms with Gasteiger partial charge in [-0.2, -0.15) is 0 Å².